The number of aryl methyl sites for hydroxylation is 1. The summed E-state index contributed by atoms with van der Waals surface area (Å²) >= 11 is 0. The minimum atomic E-state index is -0.300. The highest BCUT2D eigenvalue weighted by molar-refractivity contribution is 5.94. The van der Waals surface area contributed by atoms with Crippen LogP contribution >= 0.6 is 0 Å². The van der Waals surface area contributed by atoms with Crippen molar-refractivity contribution in [3.8, 4) is 0 Å². The minimum Gasteiger partial charge on any atom is -0.462 e. The van der Waals surface area contributed by atoms with Gasteiger partial charge in [0.05, 0.1) is 12.8 Å². The Bertz CT molecular complexity index is 683. The molecule has 23 heavy (non-hydrogen) atoms. The molecule has 6 heteroatoms. The highest BCUT2D eigenvalue weighted by Gasteiger charge is 2.27. The second kappa shape index (κ2) is 6.81. The van der Waals surface area contributed by atoms with Gasteiger partial charge in [-0.15, -0.1) is 0 Å². The average molecular weight is 314 g/mol. The summed E-state index contributed by atoms with van der Waals surface area (Å²) in [7, 11) is 1.93. The molecule has 3 heterocycles. The van der Waals surface area contributed by atoms with Crippen LogP contribution in [0.25, 0.3) is 0 Å². The van der Waals surface area contributed by atoms with Crippen molar-refractivity contribution in [1.82, 2.24) is 14.8 Å². The van der Waals surface area contributed by atoms with Crippen LogP contribution in [0.3, 0.4) is 0 Å². The molecule has 0 radical (unpaired) electrons. The van der Waals surface area contributed by atoms with Crippen molar-refractivity contribution in [2.75, 3.05) is 24.6 Å². The van der Waals surface area contributed by atoms with Crippen molar-refractivity contribution in [3.05, 3.63) is 41.9 Å². The van der Waals surface area contributed by atoms with Crippen molar-refractivity contribution < 1.29 is 9.53 Å². The van der Waals surface area contributed by atoms with Crippen molar-refractivity contribution in [3.63, 3.8) is 0 Å². The van der Waals surface area contributed by atoms with Gasteiger partial charge in [-0.25, -0.2) is 9.78 Å². The third-order valence-electron chi connectivity index (χ3n) is 4.15. The molecule has 2 aromatic rings. The van der Waals surface area contributed by atoms with E-state index in [1.807, 2.05) is 24.9 Å². The van der Waals surface area contributed by atoms with Crippen molar-refractivity contribution in [2.24, 2.45) is 13.0 Å². The van der Waals surface area contributed by atoms with E-state index in [0.717, 1.165) is 31.7 Å². The Morgan fingerprint density at radius 3 is 3.09 bits per heavy atom. The predicted molar refractivity (Wildman–Crippen MR) is 87.4 cm³/mol. The molecule has 3 rings (SSSR count). The van der Waals surface area contributed by atoms with Crippen LogP contribution in [0, 0.1) is 5.92 Å². The van der Waals surface area contributed by atoms with Gasteiger partial charge in [0.2, 0.25) is 0 Å². The van der Waals surface area contributed by atoms with E-state index in [1.165, 1.54) is 5.56 Å². The first-order valence-electron chi connectivity index (χ1n) is 8.02. The predicted octanol–water partition coefficient (Wildman–Crippen LogP) is 2.06. The molecule has 122 valence electrons. The highest BCUT2D eigenvalue weighted by Crippen LogP contribution is 2.27. The zero-order chi connectivity index (χ0) is 16.2. The van der Waals surface area contributed by atoms with Crippen LogP contribution in [-0.2, 0) is 18.2 Å². The lowest BCUT2D eigenvalue weighted by molar-refractivity contribution is 0.0526. The standard InChI is InChI=1S/C17H22N4O2/c1-3-23-17(22)15-5-4-7-18-16(15)21-8-6-13(12-21)9-14-10-19-20(2)11-14/h4-5,7,10-11,13H,3,6,8-9,12H2,1-2H3/t13-/m0/s1. The highest BCUT2D eigenvalue weighted by atomic mass is 16.5. The summed E-state index contributed by atoms with van der Waals surface area (Å²) in [5, 5.41) is 4.22. The molecule has 1 atom stereocenters. The van der Waals surface area contributed by atoms with E-state index < -0.39 is 0 Å². The fraction of sp³-hybridized carbons (Fsp3) is 0.471. The maximum Gasteiger partial charge on any atom is 0.341 e. The number of hydrogen-bond acceptors (Lipinski definition) is 5. The van der Waals surface area contributed by atoms with Gasteiger partial charge >= 0.3 is 5.97 Å². The number of nitrogens with zero attached hydrogens (tertiary/aromatic N) is 4. The van der Waals surface area contributed by atoms with Gasteiger partial charge in [-0.2, -0.15) is 5.10 Å². The number of carbonyl (C=O) groups is 1. The second-order valence-corrected chi connectivity index (χ2v) is 5.92. The number of rotatable bonds is 5. The quantitative estimate of drug-likeness (QED) is 0.791. The molecule has 6 nitrogen and oxygen atoms in total. The van der Waals surface area contributed by atoms with Gasteiger partial charge in [-0.3, -0.25) is 4.68 Å². The topological polar surface area (TPSA) is 60.2 Å². The molecule has 0 N–H and O–H groups in total. The van der Waals surface area contributed by atoms with Gasteiger partial charge in [-0.1, -0.05) is 0 Å². The van der Waals surface area contributed by atoms with Crippen LogP contribution in [0.4, 0.5) is 5.82 Å². The zero-order valence-corrected chi connectivity index (χ0v) is 13.6. The maximum atomic E-state index is 12.1. The summed E-state index contributed by atoms with van der Waals surface area (Å²) < 4.78 is 6.97. The Labute approximate surface area is 136 Å². The van der Waals surface area contributed by atoms with Crippen molar-refractivity contribution >= 4 is 11.8 Å². The fourth-order valence-corrected chi connectivity index (χ4v) is 3.12. The molecule has 0 saturated carbocycles. The van der Waals surface area contributed by atoms with E-state index in [4.69, 9.17) is 4.74 Å². The van der Waals surface area contributed by atoms with Crippen LogP contribution in [0.15, 0.2) is 30.7 Å². The fourth-order valence-electron chi connectivity index (χ4n) is 3.12. The Balaban J connectivity index is 1.70. The smallest absolute Gasteiger partial charge is 0.341 e. The number of hydrogen-bond donors (Lipinski definition) is 0. The van der Waals surface area contributed by atoms with E-state index in [0.29, 0.717) is 18.1 Å². The molecule has 1 fully saturated rings. The molecule has 0 spiro atoms. The Morgan fingerprint density at radius 2 is 2.35 bits per heavy atom. The summed E-state index contributed by atoms with van der Waals surface area (Å²) in [6, 6.07) is 3.56. The summed E-state index contributed by atoms with van der Waals surface area (Å²) in [6.07, 6.45) is 7.81. The number of ether oxygens (including phenoxy) is 1. The first kappa shape index (κ1) is 15.5. The lowest BCUT2D eigenvalue weighted by Gasteiger charge is -2.20. The third-order valence-corrected chi connectivity index (χ3v) is 4.15. The van der Waals surface area contributed by atoms with Gasteiger partial charge in [0.1, 0.15) is 11.4 Å². The number of aromatic nitrogens is 3. The van der Waals surface area contributed by atoms with E-state index in [9.17, 15) is 4.79 Å². The van der Waals surface area contributed by atoms with Crippen LogP contribution in [0.5, 0.6) is 0 Å². The van der Waals surface area contributed by atoms with E-state index >= 15 is 0 Å². The van der Waals surface area contributed by atoms with Gasteiger partial charge in [-0.05, 0) is 43.4 Å². The van der Waals surface area contributed by atoms with Gasteiger partial charge in [0.15, 0.2) is 0 Å². The summed E-state index contributed by atoms with van der Waals surface area (Å²) in [5.74, 6) is 0.988. The summed E-state index contributed by atoms with van der Waals surface area (Å²) in [5.41, 5.74) is 1.81. The first-order valence-corrected chi connectivity index (χ1v) is 8.02. The van der Waals surface area contributed by atoms with Crippen LogP contribution < -0.4 is 4.90 Å². The van der Waals surface area contributed by atoms with E-state index in [-0.39, 0.29) is 5.97 Å². The monoisotopic (exact) mass is 314 g/mol. The van der Waals surface area contributed by atoms with Crippen LogP contribution in [0.2, 0.25) is 0 Å². The molecule has 0 aliphatic carbocycles. The minimum absolute atomic E-state index is 0.300. The zero-order valence-electron chi connectivity index (χ0n) is 13.6. The molecule has 0 bridgehead atoms. The molecular formula is C17H22N4O2. The number of anilines is 1. The van der Waals surface area contributed by atoms with Crippen molar-refractivity contribution in [2.45, 2.75) is 19.8 Å². The van der Waals surface area contributed by atoms with E-state index in [2.05, 4.69) is 21.2 Å². The number of esters is 1. The third kappa shape index (κ3) is 3.52. The van der Waals surface area contributed by atoms with E-state index in [1.54, 1.807) is 18.3 Å². The molecular weight excluding hydrogens is 292 g/mol. The van der Waals surface area contributed by atoms with Gasteiger partial charge in [0, 0.05) is 32.5 Å². The first-order chi connectivity index (χ1) is 11.2. The molecule has 1 aliphatic rings. The number of carbonyl (C=O) groups excluding carboxylic acids is 1. The van der Waals surface area contributed by atoms with Crippen LogP contribution in [-0.4, -0.2) is 40.4 Å². The largest absolute Gasteiger partial charge is 0.462 e. The normalized spacial score (nSPS) is 17.5. The summed E-state index contributed by atoms with van der Waals surface area (Å²) in [6.45, 7) is 4.00. The lowest BCUT2D eigenvalue weighted by Crippen LogP contribution is -2.24. The molecule has 1 aliphatic heterocycles. The average Bonchev–Trinajstić information content (AvgIpc) is 3.17. The molecule has 2 aromatic heterocycles. The lowest BCUT2D eigenvalue weighted by atomic mass is 10.0. The molecule has 0 unspecified atom stereocenters. The molecule has 0 amide bonds. The Morgan fingerprint density at radius 1 is 1.48 bits per heavy atom. The maximum absolute atomic E-state index is 12.1. The second-order valence-electron chi connectivity index (χ2n) is 5.92. The Hall–Kier alpha value is -2.37. The van der Waals surface area contributed by atoms with Gasteiger partial charge < -0.3 is 9.64 Å². The van der Waals surface area contributed by atoms with Crippen molar-refractivity contribution in [1.29, 1.82) is 0 Å². The van der Waals surface area contributed by atoms with Gasteiger partial charge in [0.25, 0.3) is 0 Å². The number of pyridine rings is 1. The Kier molecular flexibility index (Phi) is 4.60. The molecule has 1 saturated heterocycles. The van der Waals surface area contributed by atoms with Crippen LogP contribution in [0.1, 0.15) is 29.3 Å². The summed E-state index contributed by atoms with van der Waals surface area (Å²) in [4.78, 5) is 18.7. The SMILES string of the molecule is CCOC(=O)c1cccnc1N1CC[C@@H](Cc2cnn(C)c2)C1. The molecule has 0 aromatic carbocycles.